The van der Waals surface area contributed by atoms with E-state index in [1.165, 1.54) is 16.7 Å². The average Bonchev–Trinajstić information content (AvgIpc) is 2.54. The van der Waals surface area contributed by atoms with Gasteiger partial charge in [-0.25, -0.2) is 9.37 Å². The maximum atomic E-state index is 13.5. The number of aryl methyl sites for hydroxylation is 1. The lowest BCUT2D eigenvalue weighted by atomic mass is 10.1. The second-order valence-corrected chi connectivity index (χ2v) is 5.65. The third-order valence-electron chi connectivity index (χ3n) is 3.71. The van der Waals surface area contributed by atoms with E-state index in [4.69, 9.17) is 12.2 Å². The Balaban J connectivity index is 2.48. The van der Waals surface area contributed by atoms with Crippen LogP contribution in [0.4, 0.5) is 17.6 Å². The predicted octanol–water partition coefficient (Wildman–Crippen LogP) is 4.30. The zero-order chi connectivity index (χ0) is 18.4. The smallest absolute Gasteiger partial charge is 0.303 e. The Morgan fingerprint density at radius 1 is 1.24 bits per heavy atom. The number of rotatable bonds is 2. The summed E-state index contributed by atoms with van der Waals surface area (Å²) >= 11 is 5.02. The van der Waals surface area contributed by atoms with Crippen molar-refractivity contribution in [1.29, 1.82) is 0 Å². The van der Waals surface area contributed by atoms with Crippen molar-refractivity contribution < 1.29 is 17.6 Å². The SMILES string of the molecule is CCn1c(=S)[nH]c(=O)c2c(C(F)(F)F)cc(-c3ccc(F)cc3)nc21. The Kier molecular flexibility index (Phi) is 4.19. The molecule has 0 aliphatic heterocycles. The number of nitrogens with zero attached hydrogens (tertiary/aromatic N) is 2. The minimum atomic E-state index is -4.77. The summed E-state index contributed by atoms with van der Waals surface area (Å²) in [4.78, 5) is 18.5. The lowest BCUT2D eigenvalue weighted by Crippen LogP contribution is -2.20. The summed E-state index contributed by atoms with van der Waals surface area (Å²) in [7, 11) is 0. The zero-order valence-corrected chi connectivity index (χ0v) is 13.6. The number of hydrogen-bond donors (Lipinski definition) is 1. The van der Waals surface area contributed by atoms with Crippen LogP contribution in [0.15, 0.2) is 35.1 Å². The van der Waals surface area contributed by atoms with Crippen LogP contribution >= 0.6 is 12.2 Å². The minimum absolute atomic E-state index is 0.0168. The van der Waals surface area contributed by atoms with E-state index in [0.717, 1.165) is 18.2 Å². The Bertz CT molecular complexity index is 1070. The van der Waals surface area contributed by atoms with Gasteiger partial charge in [-0.1, -0.05) is 0 Å². The van der Waals surface area contributed by atoms with E-state index in [-0.39, 0.29) is 22.7 Å². The van der Waals surface area contributed by atoms with Crippen LogP contribution in [-0.4, -0.2) is 14.5 Å². The lowest BCUT2D eigenvalue weighted by molar-refractivity contribution is -0.136. The molecule has 0 amide bonds. The second-order valence-electron chi connectivity index (χ2n) is 5.26. The van der Waals surface area contributed by atoms with Crippen molar-refractivity contribution in [3.05, 3.63) is 56.8 Å². The Morgan fingerprint density at radius 3 is 2.44 bits per heavy atom. The van der Waals surface area contributed by atoms with Crippen LogP contribution in [0.1, 0.15) is 12.5 Å². The first-order valence-electron chi connectivity index (χ1n) is 7.23. The summed E-state index contributed by atoms with van der Waals surface area (Å²) in [6.07, 6.45) is -4.77. The molecular formula is C16H11F4N3OS. The largest absolute Gasteiger partial charge is 0.417 e. The number of aromatic nitrogens is 3. The molecule has 1 N–H and O–H groups in total. The zero-order valence-electron chi connectivity index (χ0n) is 12.8. The first-order valence-corrected chi connectivity index (χ1v) is 7.64. The number of aromatic amines is 1. The van der Waals surface area contributed by atoms with Gasteiger partial charge in [0.05, 0.1) is 16.6 Å². The van der Waals surface area contributed by atoms with Gasteiger partial charge in [-0.05, 0) is 49.5 Å². The fraction of sp³-hybridized carbons (Fsp3) is 0.188. The molecule has 0 saturated heterocycles. The summed E-state index contributed by atoms with van der Waals surface area (Å²) in [5, 5.41) is -0.575. The second kappa shape index (κ2) is 6.07. The van der Waals surface area contributed by atoms with Crippen molar-refractivity contribution in [3.8, 4) is 11.3 Å². The Hall–Kier alpha value is -2.55. The average molecular weight is 369 g/mol. The minimum Gasteiger partial charge on any atom is -0.303 e. The molecule has 0 aliphatic rings. The number of fused-ring (bicyclic) bond motifs is 1. The molecule has 0 bridgehead atoms. The van der Waals surface area contributed by atoms with E-state index < -0.39 is 28.5 Å². The molecule has 0 radical (unpaired) electrons. The van der Waals surface area contributed by atoms with Gasteiger partial charge >= 0.3 is 6.18 Å². The summed E-state index contributed by atoms with van der Waals surface area (Å²) in [5.41, 5.74) is -1.96. The molecule has 1 aromatic carbocycles. The molecule has 3 rings (SSSR count). The van der Waals surface area contributed by atoms with Gasteiger partial charge in [0.15, 0.2) is 4.77 Å². The summed E-state index contributed by atoms with van der Waals surface area (Å²) in [5.74, 6) is -0.520. The van der Waals surface area contributed by atoms with Crippen LogP contribution in [0.25, 0.3) is 22.3 Å². The summed E-state index contributed by atoms with van der Waals surface area (Å²) in [6, 6.07) is 5.68. The third kappa shape index (κ3) is 3.07. The molecule has 0 unspecified atom stereocenters. The Labute approximate surface area is 143 Å². The fourth-order valence-corrected chi connectivity index (χ4v) is 2.87. The first-order chi connectivity index (χ1) is 11.7. The molecule has 0 aliphatic carbocycles. The van der Waals surface area contributed by atoms with Gasteiger partial charge in [0.25, 0.3) is 5.56 Å². The van der Waals surface area contributed by atoms with E-state index in [0.29, 0.717) is 5.56 Å². The first kappa shape index (κ1) is 17.3. The maximum absolute atomic E-state index is 13.5. The highest BCUT2D eigenvalue weighted by atomic mass is 32.1. The molecule has 0 fully saturated rings. The van der Waals surface area contributed by atoms with E-state index in [1.54, 1.807) is 6.92 Å². The quantitative estimate of drug-likeness (QED) is 0.541. The Morgan fingerprint density at radius 2 is 1.88 bits per heavy atom. The molecule has 2 aromatic heterocycles. The highest BCUT2D eigenvalue weighted by Crippen LogP contribution is 2.35. The van der Waals surface area contributed by atoms with Crippen LogP contribution in [0, 0.1) is 10.6 Å². The van der Waals surface area contributed by atoms with Crippen molar-refractivity contribution in [1.82, 2.24) is 14.5 Å². The summed E-state index contributed by atoms with van der Waals surface area (Å²) < 4.78 is 54.9. The van der Waals surface area contributed by atoms with Crippen molar-refractivity contribution in [2.75, 3.05) is 0 Å². The fourth-order valence-electron chi connectivity index (χ4n) is 2.56. The van der Waals surface area contributed by atoms with E-state index in [1.807, 2.05) is 0 Å². The third-order valence-corrected chi connectivity index (χ3v) is 4.03. The molecule has 25 heavy (non-hydrogen) atoms. The van der Waals surface area contributed by atoms with Crippen molar-refractivity contribution in [2.45, 2.75) is 19.6 Å². The van der Waals surface area contributed by atoms with E-state index >= 15 is 0 Å². The molecule has 130 valence electrons. The normalized spacial score (nSPS) is 11.9. The molecular weight excluding hydrogens is 358 g/mol. The van der Waals surface area contributed by atoms with Crippen LogP contribution in [0.3, 0.4) is 0 Å². The lowest BCUT2D eigenvalue weighted by Gasteiger charge is -2.15. The predicted molar refractivity (Wildman–Crippen MR) is 87.3 cm³/mol. The van der Waals surface area contributed by atoms with Gasteiger partial charge in [-0.3, -0.25) is 9.78 Å². The van der Waals surface area contributed by atoms with Crippen LogP contribution in [0.2, 0.25) is 0 Å². The number of hydrogen-bond acceptors (Lipinski definition) is 3. The topological polar surface area (TPSA) is 50.7 Å². The number of pyridine rings is 1. The number of H-pyrrole nitrogens is 1. The van der Waals surface area contributed by atoms with Crippen LogP contribution in [0.5, 0.6) is 0 Å². The monoisotopic (exact) mass is 369 g/mol. The maximum Gasteiger partial charge on any atom is 0.417 e. The van der Waals surface area contributed by atoms with Crippen molar-refractivity contribution >= 4 is 23.3 Å². The van der Waals surface area contributed by atoms with E-state index in [2.05, 4.69) is 9.97 Å². The molecule has 3 aromatic rings. The molecule has 0 atom stereocenters. The van der Waals surface area contributed by atoms with Gasteiger partial charge in [0.1, 0.15) is 11.5 Å². The van der Waals surface area contributed by atoms with Gasteiger partial charge in [-0.15, -0.1) is 0 Å². The molecule has 0 saturated carbocycles. The van der Waals surface area contributed by atoms with Crippen LogP contribution < -0.4 is 5.56 Å². The van der Waals surface area contributed by atoms with Gasteiger partial charge < -0.3 is 4.57 Å². The van der Waals surface area contributed by atoms with E-state index in [9.17, 15) is 22.4 Å². The highest BCUT2D eigenvalue weighted by Gasteiger charge is 2.35. The van der Waals surface area contributed by atoms with Crippen molar-refractivity contribution in [2.24, 2.45) is 0 Å². The van der Waals surface area contributed by atoms with Gasteiger partial charge in [0, 0.05) is 12.1 Å². The molecule has 0 spiro atoms. The van der Waals surface area contributed by atoms with Crippen molar-refractivity contribution in [3.63, 3.8) is 0 Å². The molecule has 9 heteroatoms. The number of nitrogens with one attached hydrogen (secondary N) is 1. The number of halogens is 4. The van der Waals surface area contributed by atoms with Crippen LogP contribution in [-0.2, 0) is 12.7 Å². The highest BCUT2D eigenvalue weighted by molar-refractivity contribution is 7.71. The number of benzene rings is 1. The van der Waals surface area contributed by atoms with Gasteiger partial charge in [-0.2, -0.15) is 13.2 Å². The van der Waals surface area contributed by atoms with Gasteiger partial charge in [0.2, 0.25) is 0 Å². The summed E-state index contributed by atoms with van der Waals surface area (Å²) in [6.45, 7) is 1.90. The molecule has 2 heterocycles. The molecule has 4 nitrogen and oxygen atoms in total. The standard InChI is InChI=1S/C16H11F4N3OS/c1-2-23-13-12(14(24)22-15(23)25)10(16(18,19)20)7-11(21-13)8-3-5-9(17)6-4-8/h3-7H,2H2,1H3,(H,22,24,25). The number of alkyl halides is 3.